The quantitative estimate of drug-likeness (QED) is 0.734. The van der Waals surface area contributed by atoms with Crippen molar-refractivity contribution in [1.82, 2.24) is 15.1 Å². The first-order chi connectivity index (χ1) is 14.8. The van der Waals surface area contributed by atoms with Crippen molar-refractivity contribution in [2.45, 2.75) is 32.8 Å². The molecule has 1 aromatic heterocycles. The Balaban J connectivity index is 1.34. The summed E-state index contributed by atoms with van der Waals surface area (Å²) in [6.07, 6.45) is 0.881. The molecule has 164 valence electrons. The number of amides is 2. The van der Waals surface area contributed by atoms with Gasteiger partial charge in [0.1, 0.15) is 6.10 Å². The van der Waals surface area contributed by atoms with Crippen LogP contribution >= 0.6 is 0 Å². The molecule has 2 amide bonds. The molecule has 0 bridgehead atoms. The number of aromatic nitrogens is 2. The summed E-state index contributed by atoms with van der Waals surface area (Å²) in [4.78, 5) is 31.1. The lowest BCUT2D eigenvalue weighted by Crippen LogP contribution is -2.37. The Morgan fingerprint density at radius 2 is 1.90 bits per heavy atom. The van der Waals surface area contributed by atoms with Gasteiger partial charge in [-0.2, -0.15) is 0 Å². The Kier molecular flexibility index (Phi) is 5.80. The van der Waals surface area contributed by atoms with Gasteiger partial charge >= 0.3 is 0 Å². The third-order valence-electron chi connectivity index (χ3n) is 6.10. The van der Waals surface area contributed by atoms with Gasteiger partial charge in [0.2, 0.25) is 17.7 Å². The fraction of sp³-hybridized carbons (Fsp3) is 0.478. The van der Waals surface area contributed by atoms with Crippen LogP contribution in [0.1, 0.15) is 24.0 Å². The van der Waals surface area contributed by atoms with Crippen molar-refractivity contribution < 1.29 is 14.3 Å². The SMILES string of the molecule is Cc1ccc(N2CC(C(=O)N3CCC(Oc4ccc(N(C)C)nn4)C3)CC2=O)cc1C. The molecule has 2 saturated heterocycles. The number of benzene rings is 1. The molecule has 1 aromatic carbocycles. The summed E-state index contributed by atoms with van der Waals surface area (Å²) in [5.74, 6) is 0.938. The topological polar surface area (TPSA) is 78.9 Å². The first kappa shape index (κ1) is 21.1. The predicted octanol–water partition coefficient (Wildman–Crippen LogP) is 2.19. The largest absolute Gasteiger partial charge is 0.471 e. The molecule has 0 N–H and O–H groups in total. The summed E-state index contributed by atoms with van der Waals surface area (Å²) in [5.41, 5.74) is 3.19. The van der Waals surface area contributed by atoms with Crippen LogP contribution in [0.5, 0.6) is 5.88 Å². The number of nitrogens with zero attached hydrogens (tertiary/aromatic N) is 5. The van der Waals surface area contributed by atoms with Crippen LogP contribution < -0.4 is 14.5 Å². The van der Waals surface area contributed by atoms with Gasteiger partial charge < -0.3 is 19.4 Å². The molecule has 0 radical (unpaired) electrons. The van der Waals surface area contributed by atoms with Gasteiger partial charge in [0.15, 0.2) is 5.82 Å². The molecule has 4 rings (SSSR count). The summed E-state index contributed by atoms with van der Waals surface area (Å²) in [5, 5.41) is 8.23. The molecule has 0 aliphatic carbocycles. The fourth-order valence-electron chi connectivity index (χ4n) is 4.08. The van der Waals surface area contributed by atoms with Gasteiger partial charge in [-0.05, 0) is 43.2 Å². The monoisotopic (exact) mass is 423 g/mol. The van der Waals surface area contributed by atoms with Crippen molar-refractivity contribution in [2.24, 2.45) is 5.92 Å². The normalized spacial score (nSPS) is 21.0. The molecule has 3 heterocycles. The van der Waals surface area contributed by atoms with Crippen LogP contribution in [0, 0.1) is 19.8 Å². The van der Waals surface area contributed by atoms with E-state index in [2.05, 4.69) is 10.2 Å². The van der Waals surface area contributed by atoms with E-state index in [-0.39, 0.29) is 30.3 Å². The standard InChI is InChI=1S/C23H29N5O3/c1-15-5-6-18(11-16(15)2)28-13-17(12-22(28)29)23(30)27-10-9-19(14-27)31-21-8-7-20(24-25-21)26(3)4/h5-8,11,17,19H,9-10,12-14H2,1-4H3. The van der Waals surface area contributed by atoms with Crippen LogP contribution in [0.2, 0.25) is 0 Å². The lowest BCUT2D eigenvalue weighted by molar-refractivity contribution is -0.135. The molecular weight excluding hydrogens is 394 g/mol. The maximum absolute atomic E-state index is 13.1. The summed E-state index contributed by atoms with van der Waals surface area (Å²) < 4.78 is 5.93. The van der Waals surface area contributed by atoms with Gasteiger partial charge in [-0.1, -0.05) is 6.07 Å². The van der Waals surface area contributed by atoms with E-state index < -0.39 is 0 Å². The highest BCUT2D eigenvalue weighted by molar-refractivity contribution is 6.00. The summed E-state index contributed by atoms with van der Waals surface area (Å²) in [6, 6.07) is 9.64. The number of hydrogen-bond acceptors (Lipinski definition) is 6. The second-order valence-electron chi connectivity index (χ2n) is 8.61. The highest BCUT2D eigenvalue weighted by Crippen LogP contribution is 2.29. The van der Waals surface area contributed by atoms with E-state index in [9.17, 15) is 9.59 Å². The molecule has 2 unspecified atom stereocenters. The van der Waals surface area contributed by atoms with E-state index in [1.54, 1.807) is 11.0 Å². The smallest absolute Gasteiger partial charge is 0.233 e. The number of likely N-dealkylation sites (tertiary alicyclic amines) is 1. The Bertz CT molecular complexity index is 976. The number of anilines is 2. The molecular formula is C23H29N5O3. The lowest BCUT2D eigenvalue weighted by atomic mass is 10.1. The average Bonchev–Trinajstić information content (AvgIpc) is 3.37. The Morgan fingerprint density at radius 3 is 2.58 bits per heavy atom. The highest BCUT2D eigenvalue weighted by Gasteiger charge is 2.39. The van der Waals surface area contributed by atoms with Crippen molar-refractivity contribution in [1.29, 1.82) is 0 Å². The van der Waals surface area contributed by atoms with Crippen molar-refractivity contribution in [3.63, 3.8) is 0 Å². The average molecular weight is 424 g/mol. The van der Waals surface area contributed by atoms with Gasteiger partial charge in [-0.3, -0.25) is 9.59 Å². The zero-order valence-corrected chi connectivity index (χ0v) is 18.5. The third kappa shape index (κ3) is 4.47. The van der Waals surface area contributed by atoms with E-state index in [4.69, 9.17) is 4.74 Å². The summed E-state index contributed by atoms with van der Waals surface area (Å²) in [7, 11) is 3.81. The minimum absolute atomic E-state index is 0.00450. The molecule has 0 saturated carbocycles. The molecule has 31 heavy (non-hydrogen) atoms. The molecule has 2 aliphatic rings. The number of rotatable bonds is 5. The van der Waals surface area contributed by atoms with E-state index >= 15 is 0 Å². The van der Waals surface area contributed by atoms with Gasteiger partial charge in [-0.15, -0.1) is 10.2 Å². The zero-order chi connectivity index (χ0) is 22.1. The van der Waals surface area contributed by atoms with Gasteiger partial charge in [0, 0.05) is 51.8 Å². The second-order valence-corrected chi connectivity index (χ2v) is 8.61. The van der Waals surface area contributed by atoms with E-state index in [0.717, 1.165) is 23.5 Å². The minimum Gasteiger partial charge on any atom is -0.471 e. The second kappa shape index (κ2) is 8.53. The van der Waals surface area contributed by atoms with Crippen LogP contribution in [0.3, 0.4) is 0 Å². The number of hydrogen-bond donors (Lipinski definition) is 0. The van der Waals surface area contributed by atoms with Gasteiger partial charge in [0.05, 0.1) is 12.5 Å². The van der Waals surface area contributed by atoms with Gasteiger partial charge in [0.25, 0.3) is 0 Å². The number of carbonyl (C=O) groups is 2. The minimum atomic E-state index is -0.313. The van der Waals surface area contributed by atoms with Crippen LogP contribution in [-0.4, -0.2) is 66.7 Å². The molecule has 8 nitrogen and oxygen atoms in total. The number of aryl methyl sites for hydroxylation is 2. The predicted molar refractivity (Wildman–Crippen MR) is 118 cm³/mol. The first-order valence-corrected chi connectivity index (χ1v) is 10.7. The van der Waals surface area contributed by atoms with Crippen LogP contribution in [0.25, 0.3) is 0 Å². The van der Waals surface area contributed by atoms with E-state index in [0.29, 0.717) is 25.5 Å². The van der Waals surface area contributed by atoms with Crippen molar-refractivity contribution in [3.8, 4) is 5.88 Å². The first-order valence-electron chi connectivity index (χ1n) is 10.7. The van der Waals surface area contributed by atoms with E-state index in [1.807, 2.05) is 62.0 Å². The Hall–Kier alpha value is -3.16. The number of carbonyl (C=O) groups excluding carboxylic acids is 2. The maximum Gasteiger partial charge on any atom is 0.233 e. The lowest BCUT2D eigenvalue weighted by Gasteiger charge is -2.21. The maximum atomic E-state index is 13.1. The van der Waals surface area contributed by atoms with Crippen molar-refractivity contribution in [3.05, 3.63) is 41.5 Å². The van der Waals surface area contributed by atoms with E-state index in [1.165, 1.54) is 5.56 Å². The highest BCUT2D eigenvalue weighted by atomic mass is 16.5. The molecule has 8 heteroatoms. The van der Waals surface area contributed by atoms with Crippen LogP contribution in [0.15, 0.2) is 30.3 Å². The Morgan fingerprint density at radius 1 is 1.10 bits per heavy atom. The molecule has 2 aliphatic heterocycles. The van der Waals surface area contributed by atoms with Crippen molar-refractivity contribution in [2.75, 3.05) is 43.5 Å². The molecule has 2 fully saturated rings. The molecule has 0 spiro atoms. The fourth-order valence-corrected chi connectivity index (χ4v) is 4.08. The molecule has 2 aromatic rings. The third-order valence-corrected chi connectivity index (χ3v) is 6.10. The summed E-state index contributed by atoms with van der Waals surface area (Å²) >= 11 is 0. The number of ether oxygens (including phenoxy) is 1. The van der Waals surface area contributed by atoms with Crippen LogP contribution in [-0.2, 0) is 9.59 Å². The molecule has 2 atom stereocenters. The summed E-state index contributed by atoms with van der Waals surface area (Å²) in [6.45, 7) is 5.64. The Labute approximate surface area is 182 Å². The van der Waals surface area contributed by atoms with Crippen LogP contribution in [0.4, 0.5) is 11.5 Å². The van der Waals surface area contributed by atoms with Gasteiger partial charge in [-0.25, -0.2) is 0 Å². The van der Waals surface area contributed by atoms with Crippen molar-refractivity contribution >= 4 is 23.3 Å². The zero-order valence-electron chi connectivity index (χ0n) is 18.5.